The highest BCUT2D eigenvalue weighted by Gasteiger charge is 2.05. The Balaban J connectivity index is 1.38. The van der Waals surface area contributed by atoms with E-state index in [-0.39, 0.29) is 5.78 Å². The van der Waals surface area contributed by atoms with Crippen LogP contribution in [0.4, 0.5) is 0 Å². The zero-order valence-corrected chi connectivity index (χ0v) is 17.4. The van der Waals surface area contributed by atoms with Gasteiger partial charge in [0.05, 0.1) is 0 Å². The van der Waals surface area contributed by atoms with Crippen molar-refractivity contribution in [3.05, 3.63) is 126 Å². The van der Waals surface area contributed by atoms with E-state index in [1.807, 2.05) is 36.5 Å². The smallest absolute Gasteiger partial charge is 0.137 e. The molecule has 0 amide bonds. The van der Waals surface area contributed by atoms with E-state index < -0.39 is 0 Å². The van der Waals surface area contributed by atoms with Gasteiger partial charge in [0, 0.05) is 25.2 Å². The second kappa shape index (κ2) is 10.3. The van der Waals surface area contributed by atoms with Gasteiger partial charge < -0.3 is 0 Å². The Bertz CT molecular complexity index is 1150. The lowest BCUT2D eigenvalue weighted by Crippen LogP contribution is -2.04. The van der Waals surface area contributed by atoms with Crippen molar-refractivity contribution in [3.63, 3.8) is 0 Å². The van der Waals surface area contributed by atoms with Crippen LogP contribution < -0.4 is 0 Å². The van der Waals surface area contributed by atoms with E-state index in [9.17, 15) is 4.79 Å². The lowest BCUT2D eigenvalue weighted by Gasteiger charge is -2.06. The number of nitrogens with zero attached hydrogens (tertiary/aromatic N) is 1. The standard InChI is InChI=1S/C29H25NO/c31-28(19-17-25-7-6-20-30-22-25)21-24-14-12-23(13-15-24)16-18-27-10-4-5-11-29(27)26-8-2-1-3-9-26/h1-16,18,20,22H,17,19,21H2/b18-16+. The highest BCUT2D eigenvalue weighted by molar-refractivity contribution is 5.82. The number of aromatic nitrogens is 1. The number of carbonyl (C=O) groups is 1. The highest BCUT2D eigenvalue weighted by atomic mass is 16.1. The SMILES string of the molecule is O=C(CCc1cccnc1)Cc1ccc(/C=C/c2ccccc2-c2ccccc2)cc1. The Labute approximate surface area is 183 Å². The van der Waals surface area contributed by atoms with Gasteiger partial charge >= 0.3 is 0 Å². The molecule has 31 heavy (non-hydrogen) atoms. The van der Waals surface area contributed by atoms with E-state index in [2.05, 4.69) is 77.8 Å². The van der Waals surface area contributed by atoms with Crippen LogP contribution in [0.25, 0.3) is 23.3 Å². The van der Waals surface area contributed by atoms with Gasteiger partial charge in [0.15, 0.2) is 0 Å². The molecular weight excluding hydrogens is 378 g/mol. The number of Topliss-reactive ketones (excluding diaryl/α,β-unsaturated/α-hetero) is 1. The van der Waals surface area contributed by atoms with Gasteiger partial charge in [-0.15, -0.1) is 0 Å². The molecule has 0 aliphatic rings. The first-order valence-electron chi connectivity index (χ1n) is 10.6. The second-order valence-electron chi connectivity index (χ2n) is 7.60. The molecule has 2 heteroatoms. The molecule has 0 fully saturated rings. The van der Waals surface area contributed by atoms with Crippen LogP contribution in [0, 0.1) is 0 Å². The third-order valence-electron chi connectivity index (χ3n) is 5.30. The zero-order chi connectivity index (χ0) is 21.3. The number of hydrogen-bond acceptors (Lipinski definition) is 2. The number of hydrogen-bond donors (Lipinski definition) is 0. The molecule has 4 aromatic rings. The van der Waals surface area contributed by atoms with E-state index in [1.165, 1.54) is 16.7 Å². The number of carbonyl (C=O) groups excluding carboxylic acids is 1. The van der Waals surface area contributed by atoms with Gasteiger partial charge in [0.25, 0.3) is 0 Å². The molecule has 3 aromatic carbocycles. The Morgan fingerprint density at radius 3 is 2.29 bits per heavy atom. The summed E-state index contributed by atoms with van der Waals surface area (Å²) in [6.07, 6.45) is 9.61. The van der Waals surface area contributed by atoms with Crippen molar-refractivity contribution in [1.29, 1.82) is 0 Å². The van der Waals surface area contributed by atoms with Crippen molar-refractivity contribution >= 4 is 17.9 Å². The van der Waals surface area contributed by atoms with Crippen molar-refractivity contribution in [2.45, 2.75) is 19.3 Å². The average Bonchev–Trinajstić information content (AvgIpc) is 2.84. The number of aryl methyl sites for hydroxylation is 1. The first kappa shape index (κ1) is 20.5. The third-order valence-corrected chi connectivity index (χ3v) is 5.30. The maximum Gasteiger partial charge on any atom is 0.137 e. The van der Waals surface area contributed by atoms with Gasteiger partial charge in [-0.1, -0.05) is 97.1 Å². The first-order valence-corrected chi connectivity index (χ1v) is 10.6. The van der Waals surface area contributed by atoms with Crippen LogP contribution in [0.1, 0.15) is 28.7 Å². The van der Waals surface area contributed by atoms with Crippen molar-refractivity contribution in [1.82, 2.24) is 4.98 Å². The van der Waals surface area contributed by atoms with Crippen LogP contribution >= 0.6 is 0 Å². The van der Waals surface area contributed by atoms with Gasteiger partial charge in [-0.05, 0) is 45.9 Å². The summed E-state index contributed by atoms with van der Waals surface area (Å²) in [6.45, 7) is 0. The van der Waals surface area contributed by atoms with Crippen molar-refractivity contribution in [2.24, 2.45) is 0 Å². The summed E-state index contributed by atoms with van der Waals surface area (Å²) >= 11 is 0. The molecule has 0 aliphatic heterocycles. The first-order chi connectivity index (χ1) is 15.3. The summed E-state index contributed by atoms with van der Waals surface area (Å²) in [5, 5.41) is 0. The summed E-state index contributed by atoms with van der Waals surface area (Å²) in [5.74, 6) is 0.254. The minimum absolute atomic E-state index is 0.254. The van der Waals surface area contributed by atoms with Crippen LogP contribution in [0.5, 0.6) is 0 Å². The van der Waals surface area contributed by atoms with Crippen LogP contribution in [-0.4, -0.2) is 10.8 Å². The van der Waals surface area contributed by atoms with Crippen LogP contribution in [0.15, 0.2) is 103 Å². The molecule has 0 saturated heterocycles. The monoisotopic (exact) mass is 403 g/mol. The molecule has 0 aliphatic carbocycles. The summed E-state index contributed by atoms with van der Waals surface area (Å²) in [6, 6.07) is 31.0. The van der Waals surface area contributed by atoms with E-state index in [1.54, 1.807) is 6.20 Å². The largest absolute Gasteiger partial charge is 0.299 e. The van der Waals surface area contributed by atoms with Crippen LogP contribution in [-0.2, 0) is 17.6 Å². The topological polar surface area (TPSA) is 30.0 Å². The Kier molecular flexibility index (Phi) is 6.81. The van der Waals surface area contributed by atoms with Gasteiger partial charge in [-0.25, -0.2) is 0 Å². The molecule has 0 spiro atoms. The molecule has 152 valence electrons. The average molecular weight is 404 g/mol. The summed E-state index contributed by atoms with van der Waals surface area (Å²) in [5.41, 5.74) is 6.89. The lowest BCUT2D eigenvalue weighted by molar-refractivity contribution is -0.118. The maximum atomic E-state index is 12.3. The predicted octanol–water partition coefficient (Wildman–Crippen LogP) is 6.66. The molecule has 0 atom stereocenters. The van der Waals surface area contributed by atoms with Crippen LogP contribution in [0.3, 0.4) is 0 Å². The van der Waals surface area contributed by atoms with Crippen molar-refractivity contribution < 1.29 is 4.79 Å². The summed E-state index contributed by atoms with van der Waals surface area (Å²) in [7, 11) is 0. The number of pyridine rings is 1. The predicted molar refractivity (Wildman–Crippen MR) is 129 cm³/mol. The Morgan fingerprint density at radius 1 is 0.742 bits per heavy atom. The molecule has 4 rings (SSSR count). The minimum Gasteiger partial charge on any atom is -0.299 e. The highest BCUT2D eigenvalue weighted by Crippen LogP contribution is 2.25. The van der Waals surface area contributed by atoms with Crippen LogP contribution in [0.2, 0.25) is 0 Å². The third kappa shape index (κ3) is 5.86. The maximum absolute atomic E-state index is 12.3. The molecule has 2 nitrogen and oxygen atoms in total. The fourth-order valence-electron chi connectivity index (χ4n) is 3.60. The molecule has 1 heterocycles. The number of ketones is 1. The van der Waals surface area contributed by atoms with Gasteiger partial charge in [0.2, 0.25) is 0 Å². The van der Waals surface area contributed by atoms with E-state index in [4.69, 9.17) is 0 Å². The van der Waals surface area contributed by atoms with E-state index in [0.717, 1.165) is 23.1 Å². The zero-order valence-electron chi connectivity index (χ0n) is 17.4. The Morgan fingerprint density at radius 2 is 1.52 bits per heavy atom. The quantitative estimate of drug-likeness (QED) is 0.308. The molecule has 1 aromatic heterocycles. The Hall–Kier alpha value is -3.78. The normalized spacial score (nSPS) is 11.0. The van der Waals surface area contributed by atoms with Gasteiger partial charge in [-0.2, -0.15) is 0 Å². The number of benzene rings is 3. The summed E-state index contributed by atoms with van der Waals surface area (Å²) < 4.78 is 0. The second-order valence-corrected chi connectivity index (χ2v) is 7.60. The van der Waals surface area contributed by atoms with E-state index in [0.29, 0.717) is 12.8 Å². The van der Waals surface area contributed by atoms with E-state index >= 15 is 0 Å². The summed E-state index contributed by atoms with van der Waals surface area (Å²) in [4.78, 5) is 16.4. The molecular formula is C29H25NO. The van der Waals surface area contributed by atoms with Crippen molar-refractivity contribution in [2.75, 3.05) is 0 Å². The number of rotatable bonds is 8. The molecule has 0 unspecified atom stereocenters. The molecule has 0 bridgehead atoms. The van der Waals surface area contributed by atoms with Crippen molar-refractivity contribution in [3.8, 4) is 11.1 Å². The van der Waals surface area contributed by atoms with Gasteiger partial charge in [0.1, 0.15) is 5.78 Å². The fourth-order valence-corrected chi connectivity index (χ4v) is 3.60. The molecule has 0 N–H and O–H groups in total. The molecule has 0 radical (unpaired) electrons. The van der Waals surface area contributed by atoms with Gasteiger partial charge in [-0.3, -0.25) is 9.78 Å². The fraction of sp³-hybridized carbons (Fsp3) is 0.103. The minimum atomic E-state index is 0.254. The lowest BCUT2D eigenvalue weighted by atomic mass is 9.98. The molecule has 0 saturated carbocycles.